The molecule has 0 fully saturated rings. The highest BCUT2D eigenvalue weighted by Crippen LogP contribution is 2.31. The van der Waals surface area contributed by atoms with E-state index in [1.807, 2.05) is 0 Å². The number of aliphatic hydroxyl groups excluding tert-OH is 1. The van der Waals surface area contributed by atoms with Crippen LogP contribution < -0.4 is 21.5 Å². The van der Waals surface area contributed by atoms with Gasteiger partial charge in [0.05, 0.1) is 19.1 Å². The van der Waals surface area contributed by atoms with Crippen LogP contribution in [0.4, 0.5) is 23.0 Å². The zero-order valence-electron chi connectivity index (χ0n) is 14.6. The van der Waals surface area contributed by atoms with E-state index < -0.39 is 17.8 Å². The van der Waals surface area contributed by atoms with Gasteiger partial charge in [0, 0.05) is 0 Å². The summed E-state index contributed by atoms with van der Waals surface area (Å²) in [4.78, 5) is 27.1. The van der Waals surface area contributed by atoms with Gasteiger partial charge in [-0.05, 0) is 31.2 Å². The molecule has 27 heavy (non-hydrogen) atoms. The quantitative estimate of drug-likeness (QED) is 0.325. The van der Waals surface area contributed by atoms with Crippen LogP contribution in [0.3, 0.4) is 0 Å². The van der Waals surface area contributed by atoms with Crippen LogP contribution in [0.2, 0.25) is 0 Å². The lowest BCUT2D eigenvalue weighted by atomic mass is 10.2. The van der Waals surface area contributed by atoms with E-state index in [4.69, 9.17) is 21.3 Å². The molecule has 10 heteroatoms. The molecule has 0 saturated heterocycles. The Bertz CT molecular complexity index is 855. The average molecular weight is 372 g/mol. The van der Waals surface area contributed by atoms with Crippen molar-refractivity contribution in [1.82, 2.24) is 4.98 Å². The summed E-state index contributed by atoms with van der Waals surface area (Å²) in [5.41, 5.74) is 11.6. The van der Waals surface area contributed by atoms with Gasteiger partial charge in [-0.1, -0.05) is 12.1 Å². The van der Waals surface area contributed by atoms with Gasteiger partial charge in [0.15, 0.2) is 11.6 Å². The fourth-order valence-electron chi connectivity index (χ4n) is 1.83. The number of rotatable bonds is 7. The summed E-state index contributed by atoms with van der Waals surface area (Å²) >= 11 is 0. The molecule has 0 radical (unpaired) electrons. The number of aliphatic hydroxyl groups is 1. The zero-order chi connectivity index (χ0) is 19.8. The summed E-state index contributed by atoms with van der Waals surface area (Å²) < 4.78 is 5.23. The van der Waals surface area contributed by atoms with Crippen molar-refractivity contribution in [3.63, 3.8) is 0 Å². The van der Waals surface area contributed by atoms with E-state index in [0.29, 0.717) is 5.69 Å². The highest BCUT2D eigenvalue weighted by Gasteiger charge is 2.16. The molecule has 142 valence electrons. The Hall–Kier alpha value is -3.37. The zero-order valence-corrected chi connectivity index (χ0v) is 14.6. The summed E-state index contributed by atoms with van der Waals surface area (Å²) in [6, 6.07) is 9.58. The number of pyridine rings is 1. The van der Waals surface area contributed by atoms with Crippen LogP contribution >= 0.6 is 0 Å². The van der Waals surface area contributed by atoms with Gasteiger partial charge in [-0.15, -0.1) is 10.2 Å². The van der Waals surface area contributed by atoms with Crippen molar-refractivity contribution in [3.8, 4) is 5.75 Å². The third-order valence-corrected chi connectivity index (χ3v) is 3.37. The monoisotopic (exact) mass is 372 g/mol. The molecule has 1 amide bonds. The second kappa shape index (κ2) is 9.36. The molecule has 10 nitrogen and oxygen atoms in total. The number of hydrogen-bond donors (Lipinski definition) is 4. The largest absolute Gasteiger partial charge is 0.424 e. The number of amides is 1. The highest BCUT2D eigenvalue weighted by atomic mass is 16.5. The number of azo groups is 1. The minimum atomic E-state index is -0.661. The van der Waals surface area contributed by atoms with Gasteiger partial charge in [0.1, 0.15) is 17.2 Å². The predicted molar refractivity (Wildman–Crippen MR) is 98.8 cm³/mol. The number of aromatic nitrogens is 1. The van der Waals surface area contributed by atoms with Crippen molar-refractivity contribution in [2.75, 3.05) is 24.2 Å². The van der Waals surface area contributed by atoms with E-state index >= 15 is 0 Å². The maximum absolute atomic E-state index is 11.8. The SMILES string of the molecule is C[C@@H](CO)C(=O)Oc1ccccc1N=Nc1ccc(NC(=O)CN)nc1N. The lowest BCUT2D eigenvalue weighted by molar-refractivity contribution is -0.139. The van der Waals surface area contributed by atoms with Crippen LogP contribution in [-0.2, 0) is 9.59 Å². The number of ether oxygens (including phenoxy) is 1. The summed E-state index contributed by atoms with van der Waals surface area (Å²) in [6.07, 6.45) is 0. The molecule has 0 bridgehead atoms. The van der Waals surface area contributed by atoms with Crippen LogP contribution in [-0.4, -0.2) is 35.1 Å². The van der Waals surface area contributed by atoms with Gasteiger partial charge in [-0.3, -0.25) is 9.59 Å². The van der Waals surface area contributed by atoms with Crippen LogP contribution in [0.5, 0.6) is 5.75 Å². The summed E-state index contributed by atoms with van der Waals surface area (Å²) in [5, 5.41) is 19.6. The molecule has 0 aliphatic heterocycles. The van der Waals surface area contributed by atoms with Crippen molar-refractivity contribution < 1.29 is 19.4 Å². The molecule has 1 aromatic carbocycles. The molecule has 2 aromatic rings. The molecule has 6 N–H and O–H groups in total. The molecule has 1 atom stereocenters. The van der Waals surface area contributed by atoms with Gasteiger partial charge < -0.3 is 26.6 Å². The number of nitrogens with two attached hydrogens (primary N) is 2. The first kappa shape index (κ1) is 19.9. The Morgan fingerprint density at radius 3 is 2.59 bits per heavy atom. The van der Waals surface area contributed by atoms with E-state index in [1.165, 1.54) is 12.1 Å². The summed E-state index contributed by atoms with van der Waals surface area (Å²) in [5.74, 6) is -1.15. The second-order valence-corrected chi connectivity index (χ2v) is 5.53. The minimum absolute atomic E-state index is 0.0527. The molecule has 0 aliphatic carbocycles. The third kappa shape index (κ3) is 5.56. The van der Waals surface area contributed by atoms with Gasteiger partial charge in [-0.25, -0.2) is 4.98 Å². The molecular weight excluding hydrogens is 352 g/mol. The van der Waals surface area contributed by atoms with Crippen molar-refractivity contribution in [3.05, 3.63) is 36.4 Å². The molecule has 0 aliphatic rings. The first-order valence-electron chi connectivity index (χ1n) is 8.04. The Kier molecular flexibility index (Phi) is 6.92. The van der Waals surface area contributed by atoms with Gasteiger partial charge in [-0.2, -0.15) is 0 Å². The van der Waals surface area contributed by atoms with Crippen molar-refractivity contribution >= 4 is 34.9 Å². The van der Waals surface area contributed by atoms with Gasteiger partial charge in [0.25, 0.3) is 0 Å². The molecular formula is C17H20N6O4. The first-order valence-corrected chi connectivity index (χ1v) is 8.04. The van der Waals surface area contributed by atoms with E-state index in [9.17, 15) is 9.59 Å². The lowest BCUT2D eigenvalue weighted by Crippen LogP contribution is -2.22. The van der Waals surface area contributed by atoms with Crippen LogP contribution in [0.25, 0.3) is 0 Å². The number of nitrogens with zero attached hydrogens (tertiary/aromatic N) is 3. The average Bonchev–Trinajstić information content (AvgIpc) is 2.67. The Labute approximate surface area is 155 Å². The van der Waals surface area contributed by atoms with Gasteiger partial charge >= 0.3 is 5.97 Å². The number of carbonyl (C=O) groups is 2. The van der Waals surface area contributed by atoms with Crippen LogP contribution in [0, 0.1) is 5.92 Å². The van der Waals surface area contributed by atoms with Crippen LogP contribution in [0.15, 0.2) is 46.6 Å². The fourth-order valence-corrected chi connectivity index (χ4v) is 1.83. The number of anilines is 2. The molecule has 1 aromatic heterocycles. The Morgan fingerprint density at radius 1 is 1.22 bits per heavy atom. The van der Waals surface area contributed by atoms with Crippen molar-refractivity contribution in [1.29, 1.82) is 0 Å². The van der Waals surface area contributed by atoms with E-state index in [2.05, 4.69) is 20.5 Å². The number of nitrogen functional groups attached to an aromatic ring is 1. The lowest BCUT2D eigenvalue weighted by Gasteiger charge is -2.09. The number of nitrogens with one attached hydrogen (secondary N) is 1. The summed E-state index contributed by atoms with van der Waals surface area (Å²) in [7, 11) is 0. The number of carbonyl (C=O) groups excluding carboxylic acids is 2. The molecule has 0 spiro atoms. The minimum Gasteiger partial charge on any atom is -0.424 e. The maximum atomic E-state index is 11.8. The Morgan fingerprint density at radius 2 is 1.93 bits per heavy atom. The van der Waals surface area contributed by atoms with E-state index in [1.54, 1.807) is 31.2 Å². The van der Waals surface area contributed by atoms with E-state index in [0.717, 1.165) is 0 Å². The highest BCUT2D eigenvalue weighted by molar-refractivity contribution is 5.91. The van der Waals surface area contributed by atoms with Gasteiger partial charge in [0.2, 0.25) is 5.91 Å². The standard InChI is InChI=1S/C17H20N6O4/c1-10(9-24)17(26)27-13-5-3-2-4-11(13)22-23-12-6-7-14(21-16(12)19)20-15(25)8-18/h2-7,10,24H,8-9,18H2,1H3,(H3,19,20,21,25)/t10-/m0/s1. The maximum Gasteiger partial charge on any atom is 0.316 e. The second-order valence-electron chi connectivity index (χ2n) is 5.53. The molecule has 1 heterocycles. The smallest absolute Gasteiger partial charge is 0.316 e. The van der Waals surface area contributed by atoms with Crippen molar-refractivity contribution in [2.45, 2.75) is 6.92 Å². The molecule has 0 saturated carbocycles. The van der Waals surface area contributed by atoms with Crippen molar-refractivity contribution in [2.24, 2.45) is 21.9 Å². The third-order valence-electron chi connectivity index (χ3n) is 3.37. The van der Waals surface area contributed by atoms with Crippen LogP contribution in [0.1, 0.15) is 6.92 Å². The van der Waals surface area contributed by atoms with E-state index in [-0.39, 0.29) is 36.2 Å². The molecule has 0 unspecified atom stereocenters. The predicted octanol–water partition coefficient (Wildman–Crippen LogP) is 1.51. The summed E-state index contributed by atoms with van der Waals surface area (Å²) in [6.45, 7) is 1.05. The number of para-hydroxylation sites is 1. The molecule has 2 rings (SSSR count). The first-order chi connectivity index (χ1) is 12.9. The normalized spacial score (nSPS) is 12.0. The number of hydrogen-bond acceptors (Lipinski definition) is 9. The number of benzene rings is 1. The fraction of sp³-hybridized carbons (Fsp3) is 0.235. The Balaban J connectivity index is 2.18. The topological polar surface area (TPSA) is 165 Å². The number of esters is 1.